The highest BCUT2D eigenvalue weighted by Crippen LogP contribution is 2.38. The number of carbonyl (C=O) groups is 2. The van der Waals surface area contributed by atoms with E-state index in [0.29, 0.717) is 34.7 Å². The van der Waals surface area contributed by atoms with Gasteiger partial charge in [-0.05, 0) is 64.7 Å². The van der Waals surface area contributed by atoms with Crippen LogP contribution in [0, 0.1) is 6.92 Å². The number of benzene rings is 2. The molecule has 6 nitrogen and oxygen atoms in total. The lowest BCUT2D eigenvalue weighted by molar-refractivity contribution is -0.134. The Kier molecular flexibility index (Phi) is 7.63. The fourth-order valence-electron chi connectivity index (χ4n) is 2.50. The first-order chi connectivity index (χ1) is 13.3. The molecule has 0 aromatic heterocycles. The highest BCUT2D eigenvalue weighted by molar-refractivity contribution is 9.10. The largest absolute Gasteiger partial charge is 0.490 e. The van der Waals surface area contributed by atoms with Crippen molar-refractivity contribution in [3.63, 3.8) is 0 Å². The van der Waals surface area contributed by atoms with E-state index < -0.39 is 11.9 Å². The molecule has 0 aliphatic heterocycles. The van der Waals surface area contributed by atoms with E-state index in [2.05, 4.69) is 21.2 Å². The second kappa shape index (κ2) is 9.94. The summed E-state index contributed by atoms with van der Waals surface area (Å²) in [7, 11) is 0. The van der Waals surface area contributed by atoms with Crippen molar-refractivity contribution in [2.24, 2.45) is 0 Å². The van der Waals surface area contributed by atoms with E-state index in [1.54, 1.807) is 12.1 Å². The Hall–Kier alpha value is -2.80. The van der Waals surface area contributed by atoms with Crippen molar-refractivity contribution in [1.29, 1.82) is 0 Å². The average Bonchev–Trinajstić information content (AvgIpc) is 2.61. The van der Waals surface area contributed by atoms with Gasteiger partial charge >= 0.3 is 5.97 Å². The molecule has 148 valence electrons. The standard InChI is InChI=1S/C21H22BrNO5/c1-4-27-19-11-15(10-18(21(25)26)23-14(3)24)9-17(22)20(19)28-12-16-8-6-5-7-13(16)2/h5-11H,4,12H2,1-3H3,(H,23,24)(H,25,26)/b18-10+. The van der Waals surface area contributed by atoms with Gasteiger partial charge in [-0.2, -0.15) is 0 Å². The summed E-state index contributed by atoms with van der Waals surface area (Å²) >= 11 is 3.47. The van der Waals surface area contributed by atoms with Crippen molar-refractivity contribution in [1.82, 2.24) is 5.32 Å². The summed E-state index contributed by atoms with van der Waals surface area (Å²) in [6.07, 6.45) is 1.36. The zero-order chi connectivity index (χ0) is 20.7. The lowest BCUT2D eigenvalue weighted by Gasteiger charge is -2.16. The van der Waals surface area contributed by atoms with Gasteiger partial charge in [0, 0.05) is 6.92 Å². The topological polar surface area (TPSA) is 84.9 Å². The van der Waals surface area contributed by atoms with Gasteiger partial charge in [0.15, 0.2) is 11.5 Å². The van der Waals surface area contributed by atoms with Gasteiger partial charge in [0.25, 0.3) is 0 Å². The summed E-state index contributed by atoms with van der Waals surface area (Å²) in [4.78, 5) is 22.6. The number of aryl methyl sites for hydroxylation is 1. The van der Waals surface area contributed by atoms with Crippen LogP contribution in [0.25, 0.3) is 6.08 Å². The first-order valence-electron chi connectivity index (χ1n) is 8.68. The van der Waals surface area contributed by atoms with Crippen LogP contribution in [0.15, 0.2) is 46.6 Å². The predicted octanol–water partition coefficient (Wildman–Crippen LogP) is 4.30. The molecular weight excluding hydrogens is 426 g/mol. The number of carboxylic acid groups (broad SMARTS) is 1. The van der Waals surface area contributed by atoms with Crippen LogP contribution in [-0.4, -0.2) is 23.6 Å². The number of aliphatic carboxylic acids is 1. The fourth-order valence-corrected chi connectivity index (χ4v) is 3.08. The van der Waals surface area contributed by atoms with Gasteiger partial charge in [-0.3, -0.25) is 4.79 Å². The Labute approximate surface area is 172 Å². The number of hydrogen-bond acceptors (Lipinski definition) is 4. The first kappa shape index (κ1) is 21.5. The minimum absolute atomic E-state index is 0.226. The molecular formula is C21H22BrNO5. The van der Waals surface area contributed by atoms with Crippen LogP contribution in [0.4, 0.5) is 0 Å². The molecule has 0 atom stereocenters. The third-order valence-electron chi connectivity index (χ3n) is 3.82. The van der Waals surface area contributed by atoms with Crippen LogP contribution in [0.3, 0.4) is 0 Å². The number of amides is 1. The van der Waals surface area contributed by atoms with Crippen LogP contribution >= 0.6 is 15.9 Å². The van der Waals surface area contributed by atoms with Crippen molar-refractivity contribution in [3.8, 4) is 11.5 Å². The van der Waals surface area contributed by atoms with Gasteiger partial charge in [-0.1, -0.05) is 24.3 Å². The Morgan fingerprint density at radius 2 is 1.93 bits per heavy atom. The maximum absolute atomic E-state index is 11.3. The van der Waals surface area contributed by atoms with E-state index in [9.17, 15) is 14.7 Å². The number of carbonyl (C=O) groups excluding carboxylic acids is 1. The monoisotopic (exact) mass is 447 g/mol. The average molecular weight is 448 g/mol. The van der Waals surface area contributed by atoms with Crippen molar-refractivity contribution in [2.75, 3.05) is 6.61 Å². The maximum atomic E-state index is 11.3. The second-order valence-electron chi connectivity index (χ2n) is 6.02. The number of rotatable bonds is 8. The van der Waals surface area contributed by atoms with Gasteiger partial charge in [0.1, 0.15) is 12.3 Å². The van der Waals surface area contributed by atoms with Crippen molar-refractivity contribution < 1.29 is 24.2 Å². The molecule has 0 saturated heterocycles. The number of hydrogen-bond donors (Lipinski definition) is 2. The van der Waals surface area contributed by atoms with E-state index in [4.69, 9.17) is 9.47 Å². The molecule has 0 bridgehead atoms. The van der Waals surface area contributed by atoms with Gasteiger partial charge in [0.05, 0.1) is 11.1 Å². The SMILES string of the molecule is CCOc1cc(/C=C(/NC(C)=O)C(=O)O)cc(Br)c1OCc1ccccc1C. The van der Waals surface area contributed by atoms with Crippen molar-refractivity contribution in [2.45, 2.75) is 27.4 Å². The molecule has 0 fully saturated rings. The van der Waals surface area contributed by atoms with Gasteiger partial charge in [-0.15, -0.1) is 0 Å². The maximum Gasteiger partial charge on any atom is 0.352 e. The third kappa shape index (κ3) is 5.85. The van der Waals surface area contributed by atoms with E-state index in [1.165, 1.54) is 13.0 Å². The molecule has 2 N–H and O–H groups in total. The van der Waals surface area contributed by atoms with Crippen molar-refractivity contribution >= 4 is 33.9 Å². The predicted molar refractivity (Wildman–Crippen MR) is 110 cm³/mol. The Morgan fingerprint density at radius 1 is 1.21 bits per heavy atom. The Balaban J connectivity index is 2.36. The van der Waals surface area contributed by atoms with E-state index in [-0.39, 0.29) is 5.70 Å². The molecule has 0 heterocycles. The molecule has 0 aliphatic rings. The van der Waals surface area contributed by atoms with Gasteiger partial charge < -0.3 is 19.9 Å². The molecule has 0 aliphatic carbocycles. The summed E-state index contributed by atoms with van der Waals surface area (Å²) in [5, 5.41) is 11.6. The van der Waals surface area contributed by atoms with Crippen LogP contribution in [0.2, 0.25) is 0 Å². The van der Waals surface area contributed by atoms with E-state index in [1.807, 2.05) is 38.1 Å². The number of halogens is 1. The molecule has 2 rings (SSSR count). The Bertz CT molecular complexity index is 908. The molecule has 0 radical (unpaired) electrons. The lowest BCUT2D eigenvalue weighted by atomic mass is 10.1. The smallest absolute Gasteiger partial charge is 0.352 e. The highest BCUT2D eigenvalue weighted by Gasteiger charge is 2.15. The van der Waals surface area contributed by atoms with Crippen molar-refractivity contribution in [3.05, 3.63) is 63.3 Å². The number of carboxylic acids is 1. The summed E-state index contributed by atoms with van der Waals surface area (Å²) < 4.78 is 12.3. The van der Waals surface area contributed by atoms with Crippen LogP contribution in [0.5, 0.6) is 11.5 Å². The van der Waals surface area contributed by atoms with Crippen LogP contribution in [-0.2, 0) is 16.2 Å². The zero-order valence-corrected chi connectivity index (χ0v) is 17.5. The molecule has 0 spiro atoms. The quantitative estimate of drug-likeness (QED) is 0.589. The third-order valence-corrected chi connectivity index (χ3v) is 4.41. The minimum Gasteiger partial charge on any atom is -0.490 e. The molecule has 1 amide bonds. The second-order valence-corrected chi connectivity index (χ2v) is 6.88. The molecule has 0 unspecified atom stereocenters. The summed E-state index contributed by atoms with van der Waals surface area (Å²) in [5.41, 5.74) is 2.50. The number of ether oxygens (including phenoxy) is 2. The zero-order valence-electron chi connectivity index (χ0n) is 15.9. The van der Waals surface area contributed by atoms with Gasteiger partial charge in [0.2, 0.25) is 5.91 Å². The summed E-state index contributed by atoms with van der Waals surface area (Å²) in [6, 6.07) is 11.3. The van der Waals surface area contributed by atoms with E-state index in [0.717, 1.165) is 11.1 Å². The Morgan fingerprint density at radius 3 is 2.54 bits per heavy atom. The van der Waals surface area contributed by atoms with Crippen LogP contribution < -0.4 is 14.8 Å². The molecule has 28 heavy (non-hydrogen) atoms. The minimum atomic E-state index is -1.23. The lowest BCUT2D eigenvalue weighted by Crippen LogP contribution is -2.24. The summed E-state index contributed by atoms with van der Waals surface area (Å²) in [6.45, 7) is 5.90. The normalized spacial score (nSPS) is 11.1. The molecule has 2 aromatic carbocycles. The first-order valence-corrected chi connectivity index (χ1v) is 9.47. The van der Waals surface area contributed by atoms with E-state index >= 15 is 0 Å². The van der Waals surface area contributed by atoms with Crippen LogP contribution in [0.1, 0.15) is 30.5 Å². The summed E-state index contributed by atoms with van der Waals surface area (Å²) in [5.74, 6) is -0.692. The highest BCUT2D eigenvalue weighted by atomic mass is 79.9. The molecule has 0 saturated carbocycles. The number of nitrogens with one attached hydrogen (secondary N) is 1. The fraction of sp³-hybridized carbons (Fsp3) is 0.238. The molecule has 2 aromatic rings. The molecule has 7 heteroatoms. The van der Waals surface area contributed by atoms with Gasteiger partial charge in [-0.25, -0.2) is 4.79 Å².